The van der Waals surface area contributed by atoms with Gasteiger partial charge in [0.05, 0.1) is 0 Å². The van der Waals surface area contributed by atoms with Crippen LogP contribution in [0.3, 0.4) is 0 Å². The summed E-state index contributed by atoms with van der Waals surface area (Å²) in [5.41, 5.74) is 7.80. The van der Waals surface area contributed by atoms with E-state index >= 15 is 0 Å². The molecule has 2 aromatic rings. The van der Waals surface area contributed by atoms with Gasteiger partial charge < -0.3 is 11.1 Å². The summed E-state index contributed by atoms with van der Waals surface area (Å²) in [4.78, 5) is 12.7. The fourth-order valence-electron chi connectivity index (χ4n) is 1.76. The maximum absolute atomic E-state index is 11.4. The van der Waals surface area contributed by atoms with Gasteiger partial charge in [0.2, 0.25) is 0 Å². The van der Waals surface area contributed by atoms with E-state index in [2.05, 4.69) is 22.8 Å². The van der Waals surface area contributed by atoms with Crippen molar-refractivity contribution in [2.75, 3.05) is 17.6 Å². The Bertz CT molecular complexity index is 535. The summed E-state index contributed by atoms with van der Waals surface area (Å²) in [5, 5.41) is 5.38. The van der Waals surface area contributed by atoms with Crippen LogP contribution in [0.5, 0.6) is 0 Å². The summed E-state index contributed by atoms with van der Waals surface area (Å²) in [7, 11) is 0. The summed E-state index contributed by atoms with van der Waals surface area (Å²) >= 11 is 1.75. The number of hydrogen-bond acceptors (Lipinski definition) is 4. The molecule has 4 heteroatoms. The van der Waals surface area contributed by atoms with Crippen LogP contribution in [-0.2, 0) is 6.42 Å². The number of anilines is 2. The number of rotatable bonds is 5. The third-order valence-electron chi connectivity index (χ3n) is 2.71. The minimum Gasteiger partial charge on any atom is -0.398 e. The zero-order chi connectivity index (χ0) is 13.0. The van der Waals surface area contributed by atoms with Gasteiger partial charge >= 0.3 is 0 Å². The minimum absolute atomic E-state index is 0.00518. The van der Waals surface area contributed by atoms with Crippen LogP contribution in [0.2, 0.25) is 0 Å². The molecule has 1 aromatic carbocycles. The molecular formula is C14H16N2OS. The number of carbonyl (C=O) groups is 1. The number of nitrogen functional groups attached to an aromatic ring is 1. The minimum atomic E-state index is -0.00518. The average Bonchev–Trinajstić information content (AvgIpc) is 2.84. The highest BCUT2D eigenvalue weighted by Gasteiger charge is 2.05. The van der Waals surface area contributed by atoms with E-state index in [4.69, 9.17) is 5.73 Å². The second-order valence-electron chi connectivity index (χ2n) is 4.11. The third-order valence-corrected chi connectivity index (χ3v) is 3.65. The van der Waals surface area contributed by atoms with Crippen LogP contribution in [0.4, 0.5) is 11.4 Å². The van der Waals surface area contributed by atoms with Gasteiger partial charge in [0.25, 0.3) is 0 Å². The van der Waals surface area contributed by atoms with E-state index in [9.17, 15) is 4.79 Å². The van der Waals surface area contributed by atoms with Gasteiger partial charge in [-0.05, 0) is 43.0 Å². The average molecular weight is 260 g/mol. The third kappa shape index (κ3) is 3.11. The molecular weight excluding hydrogens is 244 g/mol. The van der Waals surface area contributed by atoms with E-state index < -0.39 is 0 Å². The van der Waals surface area contributed by atoms with Crippen molar-refractivity contribution in [3.05, 3.63) is 46.2 Å². The van der Waals surface area contributed by atoms with Crippen LogP contribution in [0.25, 0.3) is 0 Å². The molecule has 2 rings (SSSR count). The van der Waals surface area contributed by atoms with Crippen LogP contribution in [0.1, 0.15) is 22.2 Å². The second-order valence-corrected chi connectivity index (χ2v) is 5.15. The van der Waals surface area contributed by atoms with Crippen molar-refractivity contribution in [3.8, 4) is 0 Å². The van der Waals surface area contributed by atoms with Gasteiger partial charge in [0.15, 0.2) is 5.78 Å². The van der Waals surface area contributed by atoms with Gasteiger partial charge in [-0.25, -0.2) is 0 Å². The van der Waals surface area contributed by atoms with E-state index in [0.717, 1.165) is 18.7 Å². The summed E-state index contributed by atoms with van der Waals surface area (Å²) in [5.74, 6) is -0.00518. The maximum atomic E-state index is 11.4. The number of nitrogens with two attached hydrogens (primary N) is 1. The lowest BCUT2D eigenvalue weighted by atomic mass is 10.1. The first-order valence-corrected chi connectivity index (χ1v) is 6.71. The summed E-state index contributed by atoms with van der Waals surface area (Å²) in [6.45, 7) is 2.38. The van der Waals surface area contributed by atoms with Crippen molar-refractivity contribution in [2.45, 2.75) is 13.3 Å². The Balaban J connectivity index is 1.97. The molecule has 0 aliphatic rings. The predicted molar refractivity (Wildman–Crippen MR) is 77.4 cm³/mol. The smallest absolute Gasteiger partial charge is 0.161 e. The Morgan fingerprint density at radius 3 is 2.89 bits per heavy atom. The quantitative estimate of drug-likeness (QED) is 0.641. The van der Waals surface area contributed by atoms with E-state index in [1.807, 2.05) is 12.1 Å². The normalized spacial score (nSPS) is 10.3. The summed E-state index contributed by atoms with van der Waals surface area (Å²) in [6, 6.07) is 9.65. The molecule has 0 radical (unpaired) electrons. The lowest BCUT2D eigenvalue weighted by Crippen LogP contribution is -2.06. The Hall–Kier alpha value is -1.81. The molecule has 0 atom stereocenters. The van der Waals surface area contributed by atoms with E-state index in [1.54, 1.807) is 17.4 Å². The Morgan fingerprint density at radius 2 is 2.22 bits per heavy atom. The first-order valence-electron chi connectivity index (χ1n) is 5.83. The van der Waals surface area contributed by atoms with E-state index in [0.29, 0.717) is 11.3 Å². The van der Waals surface area contributed by atoms with Crippen molar-refractivity contribution >= 4 is 28.5 Å². The second kappa shape index (κ2) is 5.69. The number of thiophene rings is 1. The molecule has 3 nitrogen and oxygen atoms in total. The van der Waals surface area contributed by atoms with Gasteiger partial charge in [-0.2, -0.15) is 0 Å². The monoisotopic (exact) mass is 260 g/mol. The van der Waals surface area contributed by atoms with Crippen molar-refractivity contribution < 1.29 is 4.79 Å². The molecule has 94 valence electrons. The van der Waals surface area contributed by atoms with Crippen molar-refractivity contribution in [2.24, 2.45) is 0 Å². The lowest BCUT2D eigenvalue weighted by Gasteiger charge is -2.08. The van der Waals surface area contributed by atoms with Crippen molar-refractivity contribution in [3.63, 3.8) is 0 Å². The fourth-order valence-corrected chi connectivity index (χ4v) is 2.46. The molecule has 0 aliphatic heterocycles. The Labute approximate surface area is 111 Å². The summed E-state index contributed by atoms with van der Waals surface area (Å²) < 4.78 is 0. The molecule has 0 unspecified atom stereocenters. The SMILES string of the molecule is CC(=O)c1cc(NCCc2cccs2)ccc1N. The number of Topliss-reactive ketones (excluding diaryl/α,β-unsaturated/α-hetero) is 1. The molecule has 1 heterocycles. The highest BCUT2D eigenvalue weighted by Crippen LogP contribution is 2.18. The van der Waals surface area contributed by atoms with Gasteiger partial charge in [-0.15, -0.1) is 11.3 Å². The first kappa shape index (κ1) is 12.6. The molecule has 0 saturated heterocycles. The molecule has 0 saturated carbocycles. The molecule has 0 amide bonds. The van der Waals surface area contributed by atoms with Crippen molar-refractivity contribution in [1.29, 1.82) is 0 Å². The van der Waals surface area contributed by atoms with E-state index in [1.165, 1.54) is 11.8 Å². The van der Waals surface area contributed by atoms with Gasteiger partial charge in [-0.3, -0.25) is 4.79 Å². The maximum Gasteiger partial charge on any atom is 0.161 e. The predicted octanol–water partition coefficient (Wildman–Crippen LogP) is 3.19. The van der Waals surface area contributed by atoms with E-state index in [-0.39, 0.29) is 5.78 Å². The molecule has 0 spiro atoms. The van der Waals surface area contributed by atoms with Crippen LogP contribution < -0.4 is 11.1 Å². The molecule has 18 heavy (non-hydrogen) atoms. The zero-order valence-electron chi connectivity index (χ0n) is 10.3. The summed E-state index contributed by atoms with van der Waals surface area (Å²) in [6.07, 6.45) is 0.984. The lowest BCUT2D eigenvalue weighted by molar-refractivity contribution is 0.101. The van der Waals surface area contributed by atoms with Crippen LogP contribution >= 0.6 is 11.3 Å². The molecule has 0 bridgehead atoms. The van der Waals surface area contributed by atoms with Gasteiger partial charge in [-0.1, -0.05) is 6.07 Å². The highest BCUT2D eigenvalue weighted by molar-refractivity contribution is 7.09. The molecule has 0 aliphatic carbocycles. The van der Waals surface area contributed by atoms with Crippen LogP contribution in [-0.4, -0.2) is 12.3 Å². The molecule has 1 aromatic heterocycles. The number of benzene rings is 1. The van der Waals surface area contributed by atoms with Gasteiger partial charge in [0, 0.05) is 28.4 Å². The van der Waals surface area contributed by atoms with Crippen molar-refractivity contribution in [1.82, 2.24) is 0 Å². The number of hydrogen-bond donors (Lipinski definition) is 2. The fraction of sp³-hybridized carbons (Fsp3) is 0.214. The van der Waals surface area contributed by atoms with Crippen LogP contribution in [0, 0.1) is 0 Å². The number of ketones is 1. The highest BCUT2D eigenvalue weighted by atomic mass is 32.1. The topological polar surface area (TPSA) is 55.1 Å². The number of nitrogens with one attached hydrogen (secondary N) is 1. The number of carbonyl (C=O) groups excluding carboxylic acids is 1. The Morgan fingerprint density at radius 1 is 1.39 bits per heavy atom. The largest absolute Gasteiger partial charge is 0.398 e. The van der Waals surface area contributed by atoms with Crippen LogP contribution in [0.15, 0.2) is 35.7 Å². The molecule has 0 fully saturated rings. The Kier molecular flexibility index (Phi) is 3.99. The standard InChI is InChI=1S/C14H16N2OS/c1-10(17)13-9-11(4-5-14(13)15)16-7-6-12-3-2-8-18-12/h2-5,8-9,16H,6-7,15H2,1H3. The molecule has 3 N–H and O–H groups in total. The van der Waals surface area contributed by atoms with Gasteiger partial charge in [0.1, 0.15) is 0 Å². The zero-order valence-corrected chi connectivity index (χ0v) is 11.1. The first-order chi connectivity index (χ1) is 8.66.